The first-order chi connectivity index (χ1) is 16.0. The zero-order valence-electron chi connectivity index (χ0n) is 18.2. The lowest BCUT2D eigenvalue weighted by molar-refractivity contribution is -0.120. The van der Waals surface area contributed by atoms with Gasteiger partial charge in [-0.1, -0.05) is 24.3 Å². The average Bonchev–Trinajstić information content (AvgIpc) is 3.07. The van der Waals surface area contributed by atoms with E-state index in [4.69, 9.17) is 14.2 Å². The van der Waals surface area contributed by atoms with Crippen LogP contribution in [0.2, 0.25) is 0 Å². The number of benzene rings is 3. The minimum absolute atomic E-state index is 0.0287. The van der Waals surface area contributed by atoms with Gasteiger partial charge in [0, 0.05) is 17.3 Å². The quantitative estimate of drug-likeness (QED) is 0.545. The van der Waals surface area contributed by atoms with Crippen molar-refractivity contribution >= 4 is 28.8 Å². The molecule has 168 valence electrons. The van der Waals surface area contributed by atoms with Crippen molar-refractivity contribution < 1.29 is 28.2 Å². The highest BCUT2D eigenvalue weighted by Crippen LogP contribution is 2.38. The molecule has 7 nitrogen and oxygen atoms in total. The van der Waals surface area contributed by atoms with Crippen LogP contribution in [0.5, 0.6) is 17.2 Å². The van der Waals surface area contributed by atoms with Gasteiger partial charge in [0.15, 0.2) is 11.5 Å². The van der Waals surface area contributed by atoms with Crippen LogP contribution in [0.25, 0.3) is 5.57 Å². The Balaban J connectivity index is 1.86. The van der Waals surface area contributed by atoms with E-state index in [0.717, 1.165) is 11.0 Å². The van der Waals surface area contributed by atoms with E-state index in [1.807, 2.05) is 0 Å². The molecule has 1 N–H and O–H groups in total. The van der Waals surface area contributed by atoms with Crippen LogP contribution in [0.15, 0.2) is 72.4 Å². The summed E-state index contributed by atoms with van der Waals surface area (Å²) in [5, 5.41) is 3.04. The van der Waals surface area contributed by atoms with Gasteiger partial charge in [0.1, 0.15) is 17.3 Å². The van der Waals surface area contributed by atoms with Gasteiger partial charge in [-0.05, 0) is 36.4 Å². The lowest BCUT2D eigenvalue weighted by atomic mass is 10.0. The predicted octanol–water partition coefficient (Wildman–Crippen LogP) is 4.25. The van der Waals surface area contributed by atoms with Crippen LogP contribution >= 0.6 is 0 Å². The summed E-state index contributed by atoms with van der Waals surface area (Å²) in [5.74, 6) is -0.410. The van der Waals surface area contributed by atoms with Gasteiger partial charge in [-0.2, -0.15) is 0 Å². The van der Waals surface area contributed by atoms with Gasteiger partial charge in [-0.15, -0.1) is 0 Å². The second kappa shape index (κ2) is 9.04. The molecule has 1 aliphatic rings. The fourth-order valence-electron chi connectivity index (χ4n) is 3.65. The number of carbonyl (C=O) groups excluding carboxylic acids is 2. The molecule has 0 spiro atoms. The van der Waals surface area contributed by atoms with E-state index in [-0.39, 0.29) is 17.0 Å². The average molecular weight is 448 g/mol. The molecule has 3 aromatic rings. The predicted molar refractivity (Wildman–Crippen MR) is 122 cm³/mol. The largest absolute Gasteiger partial charge is 0.496 e. The molecule has 0 aromatic heterocycles. The fourth-order valence-corrected chi connectivity index (χ4v) is 3.65. The van der Waals surface area contributed by atoms with E-state index < -0.39 is 17.6 Å². The molecule has 0 unspecified atom stereocenters. The Morgan fingerprint density at radius 1 is 0.758 bits per heavy atom. The minimum Gasteiger partial charge on any atom is -0.496 e. The molecule has 0 fully saturated rings. The summed E-state index contributed by atoms with van der Waals surface area (Å²) in [5.41, 5.74) is 1.19. The number of halogens is 1. The van der Waals surface area contributed by atoms with Crippen molar-refractivity contribution in [2.24, 2.45) is 0 Å². The number of hydrogen-bond acceptors (Lipinski definition) is 6. The highest BCUT2D eigenvalue weighted by molar-refractivity contribution is 6.46. The molecule has 0 radical (unpaired) electrons. The molecule has 0 atom stereocenters. The molecular formula is C25H21FN2O5. The van der Waals surface area contributed by atoms with Crippen molar-refractivity contribution in [3.05, 3.63) is 83.8 Å². The number of carbonyl (C=O) groups is 2. The summed E-state index contributed by atoms with van der Waals surface area (Å²) < 4.78 is 29.9. The summed E-state index contributed by atoms with van der Waals surface area (Å²) >= 11 is 0. The second-order valence-corrected chi connectivity index (χ2v) is 7.07. The van der Waals surface area contributed by atoms with E-state index >= 15 is 0 Å². The number of rotatable bonds is 7. The van der Waals surface area contributed by atoms with Crippen molar-refractivity contribution in [3.8, 4) is 17.2 Å². The highest BCUT2D eigenvalue weighted by Gasteiger charge is 2.41. The van der Waals surface area contributed by atoms with Crippen molar-refractivity contribution in [1.29, 1.82) is 0 Å². The van der Waals surface area contributed by atoms with E-state index in [0.29, 0.717) is 28.5 Å². The Labute approximate surface area is 190 Å². The second-order valence-electron chi connectivity index (χ2n) is 7.07. The molecule has 0 saturated carbocycles. The number of para-hydroxylation sites is 1. The van der Waals surface area contributed by atoms with Gasteiger partial charge in [-0.25, -0.2) is 9.29 Å². The third kappa shape index (κ3) is 3.98. The maximum atomic E-state index is 13.9. The van der Waals surface area contributed by atoms with Crippen LogP contribution in [-0.2, 0) is 9.59 Å². The van der Waals surface area contributed by atoms with Gasteiger partial charge in [-0.3, -0.25) is 9.59 Å². The zero-order chi connectivity index (χ0) is 23.5. The van der Waals surface area contributed by atoms with Crippen molar-refractivity contribution in [2.45, 2.75) is 0 Å². The molecule has 1 aliphatic heterocycles. The summed E-state index contributed by atoms with van der Waals surface area (Å²) in [6.45, 7) is 0. The highest BCUT2D eigenvalue weighted by atomic mass is 19.1. The Hall–Kier alpha value is -4.33. The topological polar surface area (TPSA) is 77.1 Å². The zero-order valence-corrected chi connectivity index (χ0v) is 18.2. The molecular weight excluding hydrogens is 427 g/mol. The standard InChI is InChI=1S/C25H21FN2O5/c1-31-19-10-5-4-9-18(19)22-23(27-16-11-12-20(32-2)21(14-16)33-3)25(30)28(24(22)29)17-8-6-7-15(26)13-17/h4-14,27H,1-3H3. The van der Waals surface area contributed by atoms with E-state index in [1.165, 1.54) is 39.5 Å². The summed E-state index contributed by atoms with van der Waals surface area (Å²) in [6.07, 6.45) is 0. The van der Waals surface area contributed by atoms with Crippen LogP contribution in [0.3, 0.4) is 0 Å². The summed E-state index contributed by atoms with van der Waals surface area (Å²) in [6, 6.07) is 17.2. The van der Waals surface area contributed by atoms with Crippen LogP contribution in [0.4, 0.5) is 15.8 Å². The first kappa shape index (κ1) is 21.9. The number of nitrogens with one attached hydrogen (secondary N) is 1. The molecule has 0 aliphatic carbocycles. The van der Waals surface area contributed by atoms with Gasteiger partial charge < -0.3 is 19.5 Å². The summed E-state index contributed by atoms with van der Waals surface area (Å²) in [7, 11) is 4.49. The van der Waals surface area contributed by atoms with Crippen molar-refractivity contribution in [1.82, 2.24) is 0 Å². The first-order valence-corrected chi connectivity index (χ1v) is 9.99. The minimum atomic E-state index is -0.624. The third-order valence-corrected chi connectivity index (χ3v) is 5.18. The van der Waals surface area contributed by atoms with Gasteiger partial charge in [0.05, 0.1) is 32.6 Å². The normalized spacial score (nSPS) is 13.4. The Morgan fingerprint density at radius 2 is 1.48 bits per heavy atom. The lowest BCUT2D eigenvalue weighted by Crippen LogP contribution is -2.32. The number of imide groups is 1. The van der Waals surface area contributed by atoms with E-state index in [1.54, 1.807) is 42.5 Å². The monoisotopic (exact) mass is 448 g/mol. The fraction of sp³-hybridized carbons (Fsp3) is 0.120. The number of amides is 2. The molecule has 3 aromatic carbocycles. The van der Waals surface area contributed by atoms with Crippen LogP contribution in [-0.4, -0.2) is 33.1 Å². The third-order valence-electron chi connectivity index (χ3n) is 5.18. The van der Waals surface area contributed by atoms with Gasteiger partial charge in [0.25, 0.3) is 11.8 Å². The molecule has 0 bridgehead atoms. The van der Waals surface area contributed by atoms with Crippen LogP contribution < -0.4 is 24.4 Å². The first-order valence-electron chi connectivity index (χ1n) is 9.99. The molecule has 33 heavy (non-hydrogen) atoms. The smallest absolute Gasteiger partial charge is 0.282 e. The Kier molecular flexibility index (Phi) is 5.99. The molecule has 2 amide bonds. The van der Waals surface area contributed by atoms with Crippen molar-refractivity contribution in [2.75, 3.05) is 31.5 Å². The number of methoxy groups -OCH3 is 3. The van der Waals surface area contributed by atoms with Gasteiger partial charge >= 0.3 is 0 Å². The van der Waals surface area contributed by atoms with Crippen molar-refractivity contribution in [3.63, 3.8) is 0 Å². The molecule has 0 saturated heterocycles. The lowest BCUT2D eigenvalue weighted by Gasteiger charge is -2.16. The van der Waals surface area contributed by atoms with Crippen LogP contribution in [0, 0.1) is 5.82 Å². The maximum absolute atomic E-state index is 13.9. The van der Waals surface area contributed by atoms with Gasteiger partial charge in [0.2, 0.25) is 0 Å². The van der Waals surface area contributed by atoms with E-state index in [2.05, 4.69) is 5.32 Å². The molecule has 8 heteroatoms. The number of ether oxygens (including phenoxy) is 3. The Bertz CT molecular complexity index is 1270. The van der Waals surface area contributed by atoms with Crippen LogP contribution in [0.1, 0.15) is 5.56 Å². The summed E-state index contributed by atoms with van der Waals surface area (Å²) in [4.78, 5) is 27.9. The Morgan fingerprint density at radius 3 is 2.18 bits per heavy atom. The maximum Gasteiger partial charge on any atom is 0.282 e. The molecule has 4 rings (SSSR count). The number of anilines is 2. The molecule has 1 heterocycles. The number of nitrogens with zero attached hydrogens (tertiary/aromatic N) is 1. The van der Waals surface area contributed by atoms with E-state index in [9.17, 15) is 14.0 Å². The SMILES string of the molecule is COc1ccc(NC2=C(c3ccccc3OC)C(=O)N(c3cccc(F)c3)C2=O)cc1OC. The number of hydrogen-bond donors (Lipinski definition) is 1.